The van der Waals surface area contributed by atoms with Crippen molar-refractivity contribution in [1.82, 2.24) is 0 Å². The number of hydrogen-bond donors (Lipinski definition) is 0. The molecular formula is C20H34O4. The van der Waals surface area contributed by atoms with Gasteiger partial charge in [-0.15, -0.1) is 0 Å². The highest BCUT2D eigenvalue weighted by Gasteiger charge is 2.36. The fourth-order valence-electron chi connectivity index (χ4n) is 2.94. The predicted molar refractivity (Wildman–Crippen MR) is 95.5 cm³/mol. The zero-order valence-electron chi connectivity index (χ0n) is 15.8. The van der Waals surface area contributed by atoms with Crippen molar-refractivity contribution in [3.05, 3.63) is 12.2 Å². The average molecular weight is 338 g/mol. The number of hydrogen-bond acceptors (Lipinski definition) is 4. The van der Waals surface area contributed by atoms with Crippen molar-refractivity contribution in [2.45, 2.75) is 78.7 Å². The molecule has 0 aromatic carbocycles. The van der Waals surface area contributed by atoms with Crippen LogP contribution >= 0.6 is 0 Å². The summed E-state index contributed by atoms with van der Waals surface area (Å²) in [6.07, 6.45) is 10.5. The number of carbonyl (C=O) groups excluding carboxylic acids is 2. The van der Waals surface area contributed by atoms with Gasteiger partial charge in [-0.1, -0.05) is 51.7 Å². The van der Waals surface area contributed by atoms with Crippen molar-refractivity contribution in [3.8, 4) is 0 Å². The Hall–Kier alpha value is -1.32. The fourth-order valence-corrected chi connectivity index (χ4v) is 2.94. The minimum Gasteiger partial charge on any atom is -0.465 e. The van der Waals surface area contributed by atoms with Gasteiger partial charge >= 0.3 is 11.9 Å². The summed E-state index contributed by atoms with van der Waals surface area (Å²) in [4.78, 5) is 24.5. The quantitative estimate of drug-likeness (QED) is 0.330. The molecule has 24 heavy (non-hydrogen) atoms. The topological polar surface area (TPSA) is 52.6 Å². The van der Waals surface area contributed by atoms with Crippen molar-refractivity contribution in [3.63, 3.8) is 0 Å². The molecule has 4 heteroatoms. The van der Waals surface area contributed by atoms with Gasteiger partial charge in [0, 0.05) is 0 Å². The standard InChI is InChI=1S/C20H34O4/c1-15(2)11-7-5-6-10-14-23-19(21)17-12-8-9-13-18(17)20(22)24-16(3)4/h8-9,15-18H,5-7,10-14H2,1-4H3. The molecule has 2 unspecified atom stereocenters. The van der Waals surface area contributed by atoms with Crippen molar-refractivity contribution in [2.75, 3.05) is 6.61 Å². The lowest BCUT2D eigenvalue weighted by molar-refractivity contribution is -0.163. The summed E-state index contributed by atoms with van der Waals surface area (Å²) in [5, 5.41) is 0. The van der Waals surface area contributed by atoms with Gasteiger partial charge in [-0.3, -0.25) is 9.59 Å². The lowest BCUT2D eigenvalue weighted by atomic mass is 9.83. The normalized spacial score (nSPS) is 20.4. The molecule has 0 saturated heterocycles. The Morgan fingerprint density at radius 1 is 0.917 bits per heavy atom. The molecule has 138 valence electrons. The van der Waals surface area contributed by atoms with Crippen LogP contribution in [0.25, 0.3) is 0 Å². The lowest BCUT2D eigenvalue weighted by Gasteiger charge is -2.26. The third-order valence-electron chi connectivity index (χ3n) is 4.31. The van der Waals surface area contributed by atoms with Gasteiger partial charge in [0.2, 0.25) is 0 Å². The Morgan fingerprint density at radius 2 is 1.50 bits per heavy atom. The van der Waals surface area contributed by atoms with Gasteiger partial charge in [-0.2, -0.15) is 0 Å². The van der Waals surface area contributed by atoms with Gasteiger partial charge in [0.1, 0.15) is 0 Å². The number of ether oxygens (including phenoxy) is 2. The summed E-state index contributed by atoms with van der Waals surface area (Å²) in [6, 6.07) is 0. The minimum atomic E-state index is -0.407. The average Bonchev–Trinajstić information content (AvgIpc) is 2.52. The smallest absolute Gasteiger partial charge is 0.310 e. The van der Waals surface area contributed by atoms with Crippen LogP contribution in [0.15, 0.2) is 12.2 Å². The Kier molecular flexibility index (Phi) is 9.73. The van der Waals surface area contributed by atoms with E-state index in [1.807, 2.05) is 26.0 Å². The molecule has 0 spiro atoms. The van der Waals surface area contributed by atoms with E-state index in [1.54, 1.807) is 0 Å². The minimum absolute atomic E-state index is 0.161. The summed E-state index contributed by atoms with van der Waals surface area (Å²) in [7, 11) is 0. The maximum absolute atomic E-state index is 12.3. The van der Waals surface area contributed by atoms with E-state index in [4.69, 9.17) is 9.47 Å². The van der Waals surface area contributed by atoms with Crippen LogP contribution in [-0.4, -0.2) is 24.6 Å². The van der Waals surface area contributed by atoms with Crippen molar-refractivity contribution in [2.24, 2.45) is 17.8 Å². The lowest BCUT2D eigenvalue weighted by Crippen LogP contribution is -2.34. The van der Waals surface area contributed by atoms with Crippen LogP contribution in [0.1, 0.15) is 72.6 Å². The molecule has 0 aliphatic heterocycles. The van der Waals surface area contributed by atoms with E-state index in [0.29, 0.717) is 19.4 Å². The highest BCUT2D eigenvalue weighted by molar-refractivity contribution is 5.82. The molecule has 0 aromatic heterocycles. The Bertz CT molecular complexity index is 412. The Balaban J connectivity index is 2.31. The van der Waals surface area contributed by atoms with Gasteiger partial charge in [0.25, 0.3) is 0 Å². The zero-order chi connectivity index (χ0) is 17.9. The van der Waals surface area contributed by atoms with Crippen LogP contribution in [-0.2, 0) is 19.1 Å². The summed E-state index contributed by atoms with van der Waals surface area (Å²) >= 11 is 0. The van der Waals surface area contributed by atoms with E-state index >= 15 is 0 Å². The van der Waals surface area contributed by atoms with Crippen molar-refractivity contribution >= 4 is 11.9 Å². The second kappa shape index (κ2) is 11.3. The summed E-state index contributed by atoms with van der Waals surface area (Å²) in [5.74, 6) is -0.597. The van der Waals surface area contributed by atoms with Gasteiger partial charge in [-0.25, -0.2) is 0 Å². The monoisotopic (exact) mass is 338 g/mol. The molecule has 0 saturated carbocycles. The Morgan fingerprint density at radius 3 is 2.08 bits per heavy atom. The number of esters is 2. The summed E-state index contributed by atoms with van der Waals surface area (Å²) in [6.45, 7) is 8.57. The van der Waals surface area contributed by atoms with Crippen LogP contribution in [0.5, 0.6) is 0 Å². The van der Waals surface area contributed by atoms with Crippen LogP contribution < -0.4 is 0 Å². The molecule has 0 aromatic rings. The van der Waals surface area contributed by atoms with E-state index in [1.165, 1.54) is 19.3 Å². The van der Waals surface area contributed by atoms with Crippen molar-refractivity contribution in [1.29, 1.82) is 0 Å². The van der Waals surface area contributed by atoms with Crippen molar-refractivity contribution < 1.29 is 19.1 Å². The first-order chi connectivity index (χ1) is 11.4. The zero-order valence-corrected chi connectivity index (χ0v) is 15.8. The van der Waals surface area contributed by atoms with E-state index < -0.39 is 11.8 Å². The molecule has 1 aliphatic carbocycles. The highest BCUT2D eigenvalue weighted by Crippen LogP contribution is 2.28. The van der Waals surface area contributed by atoms with Gasteiger partial charge < -0.3 is 9.47 Å². The second-order valence-electron chi connectivity index (χ2n) is 7.41. The number of allylic oxidation sites excluding steroid dienone is 2. The molecule has 0 amide bonds. The van der Waals surface area contributed by atoms with Gasteiger partial charge in [0.15, 0.2) is 0 Å². The molecule has 0 radical (unpaired) electrons. The molecule has 4 nitrogen and oxygen atoms in total. The third kappa shape index (κ3) is 7.98. The summed E-state index contributed by atoms with van der Waals surface area (Å²) in [5.41, 5.74) is 0. The molecule has 2 atom stereocenters. The maximum Gasteiger partial charge on any atom is 0.310 e. The molecule has 0 N–H and O–H groups in total. The molecule has 0 fully saturated rings. The van der Waals surface area contributed by atoms with Crippen LogP contribution in [0.2, 0.25) is 0 Å². The van der Waals surface area contributed by atoms with E-state index in [-0.39, 0.29) is 18.0 Å². The number of rotatable bonds is 10. The molecule has 1 aliphatic rings. The largest absolute Gasteiger partial charge is 0.465 e. The maximum atomic E-state index is 12.3. The first-order valence-corrected chi connectivity index (χ1v) is 9.44. The second-order valence-corrected chi connectivity index (χ2v) is 7.41. The van der Waals surface area contributed by atoms with E-state index in [9.17, 15) is 9.59 Å². The third-order valence-corrected chi connectivity index (χ3v) is 4.31. The fraction of sp³-hybridized carbons (Fsp3) is 0.800. The Labute approximate surface area is 147 Å². The predicted octanol–water partition coefficient (Wildman–Crippen LogP) is 4.67. The first-order valence-electron chi connectivity index (χ1n) is 9.44. The first kappa shape index (κ1) is 20.7. The molecule has 0 heterocycles. The van der Waals surface area contributed by atoms with Gasteiger partial charge in [-0.05, 0) is 39.0 Å². The summed E-state index contributed by atoms with van der Waals surface area (Å²) < 4.78 is 10.7. The van der Waals surface area contributed by atoms with Crippen LogP contribution in [0.4, 0.5) is 0 Å². The number of carbonyl (C=O) groups is 2. The molecular weight excluding hydrogens is 304 g/mol. The SMILES string of the molecule is CC(C)CCCCCCOC(=O)C1CC=CCC1C(=O)OC(C)C. The highest BCUT2D eigenvalue weighted by atomic mass is 16.5. The van der Waals surface area contributed by atoms with Gasteiger partial charge in [0.05, 0.1) is 24.5 Å². The number of unbranched alkanes of at least 4 members (excludes halogenated alkanes) is 3. The van der Waals surface area contributed by atoms with Crippen LogP contribution in [0.3, 0.4) is 0 Å². The molecule has 0 bridgehead atoms. The van der Waals surface area contributed by atoms with E-state index in [2.05, 4.69) is 13.8 Å². The molecule has 1 rings (SSSR count). The van der Waals surface area contributed by atoms with Crippen LogP contribution in [0, 0.1) is 17.8 Å². The van der Waals surface area contributed by atoms with E-state index in [0.717, 1.165) is 18.8 Å².